The summed E-state index contributed by atoms with van der Waals surface area (Å²) in [4.78, 5) is 0. The molecule has 3 fully saturated rings. The van der Waals surface area contributed by atoms with Gasteiger partial charge in [0.05, 0.1) is 0 Å². The zero-order chi connectivity index (χ0) is 21.5. The van der Waals surface area contributed by atoms with Crippen LogP contribution in [0.2, 0.25) is 0 Å². The third-order valence-corrected chi connectivity index (χ3v) is 10.6. The lowest BCUT2D eigenvalue weighted by atomic mass is 9.60. The fourth-order valence-corrected chi connectivity index (χ4v) is 8.44. The van der Waals surface area contributed by atoms with E-state index in [2.05, 4.69) is 33.8 Å². The molecule has 0 radical (unpaired) electrons. The number of benzene rings is 1. The molecule has 0 aromatic heterocycles. The maximum Gasteiger partial charge on any atom is -0.0130 e. The maximum atomic E-state index is 2.68. The number of hydrogen-bond acceptors (Lipinski definition) is 0. The van der Waals surface area contributed by atoms with E-state index in [1.165, 1.54) is 83.5 Å². The smallest absolute Gasteiger partial charge is 0.0130 e. The highest BCUT2D eigenvalue weighted by Gasteiger charge is 2.39. The predicted molar refractivity (Wildman–Crippen MR) is 134 cm³/mol. The van der Waals surface area contributed by atoms with Crippen molar-refractivity contribution < 1.29 is 0 Å². The van der Waals surface area contributed by atoms with Crippen LogP contribution in [0.25, 0.3) is 0 Å². The van der Waals surface area contributed by atoms with E-state index in [1.807, 2.05) is 0 Å². The van der Waals surface area contributed by atoms with Crippen molar-refractivity contribution in [1.82, 2.24) is 0 Å². The summed E-state index contributed by atoms with van der Waals surface area (Å²) in [7, 11) is 0. The third kappa shape index (κ3) is 4.52. The Hall–Kier alpha value is -0.780. The molecule has 0 amide bonds. The Morgan fingerprint density at radius 1 is 0.710 bits per heavy atom. The minimum Gasteiger partial charge on any atom is -0.0625 e. The van der Waals surface area contributed by atoms with E-state index >= 15 is 0 Å². The number of aryl methyl sites for hydroxylation is 1. The molecule has 3 unspecified atom stereocenters. The van der Waals surface area contributed by atoms with Crippen LogP contribution in [-0.4, -0.2) is 0 Å². The van der Waals surface area contributed by atoms with E-state index in [4.69, 9.17) is 0 Å². The summed E-state index contributed by atoms with van der Waals surface area (Å²) >= 11 is 0. The molecule has 4 aliphatic rings. The molecule has 31 heavy (non-hydrogen) atoms. The first kappa shape index (κ1) is 22.0. The van der Waals surface area contributed by atoms with Crippen molar-refractivity contribution in [3.05, 3.63) is 33.9 Å². The highest BCUT2D eigenvalue weighted by atomic mass is 14.4. The van der Waals surface area contributed by atoms with Crippen LogP contribution in [0, 0.1) is 49.4 Å². The standard InChI is InChI=1S/C31H48/c1-20-5-9-24(10-6-20)18-30-22(3)17-31-28(23(30)4)15-14-27-19-26(13-16-29(27)31)25-11-7-21(2)8-12-25/h17,20-21,24-27,29H,5-16,18-19H2,1-4H3. The molecule has 3 saturated carbocycles. The minimum atomic E-state index is 0.879. The van der Waals surface area contributed by atoms with Crippen molar-refractivity contribution in [2.45, 2.75) is 124 Å². The van der Waals surface area contributed by atoms with Gasteiger partial charge in [-0.25, -0.2) is 0 Å². The van der Waals surface area contributed by atoms with Crippen LogP contribution < -0.4 is 0 Å². The van der Waals surface area contributed by atoms with Gasteiger partial charge in [0.2, 0.25) is 0 Å². The van der Waals surface area contributed by atoms with Crippen LogP contribution in [0.15, 0.2) is 6.07 Å². The number of fused-ring (bicyclic) bond motifs is 3. The molecule has 0 spiro atoms. The van der Waals surface area contributed by atoms with E-state index in [-0.39, 0.29) is 0 Å². The van der Waals surface area contributed by atoms with E-state index in [0.717, 1.165) is 41.4 Å². The summed E-state index contributed by atoms with van der Waals surface area (Å²) in [6, 6.07) is 2.68. The molecule has 0 bridgehead atoms. The Morgan fingerprint density at radius 3 is 2.06 bits per heavy atom. The second kappa shape index (κ2) is 9.23. The molecule has 0 heterocycles. The molecular weight excluding hydrogens is 372 g/mol. The minimum absolute atomic E-state index is 0.879. The fraction of sp³-hybridized carbons (Fsp3) is 0.806. The van der Waals surface area contributed by atoms with E-state index < -0.39 is 0 Å². The lowest BCUT2D eigenvalue weighted by molar-refractivity contribution is 0.122. The number of rotatable bonds is 3. The van der Waals surface area contributed by atoms with Gasteiger partial charge in [-0.1, -0.05) is 45.6 Å². The average molecular weight is 421 g/mol. The van der Waals surface area contributed by atoms with Gasteiger partial charge >= 0.3 is 0 Å². The van der Waals surface area contributed by atoms with E-state index in [1.54, 1.807) is 34.2 Å². The molecule has 0 saturated heterocycles. The monoisotopic (exact) mass is 420 g/mol. The summed E-state index contributed by atoms with van der Waals surface area (Å²) < 4.78 is 0. The normalized spacial score (nSPS) is 38.4. The second-order valence-electron chi connectivity index (χ2n) is 12.7. The van der Waals surface area contributed by atoms with Gasteiger partial charge in [-0.15, -0.1) is 0 Å². The van der Waals surface area contributed by atoms with E-state index in [9.17, 15) is 0 Å². The molecular formula is C31H48. The Morgan fingerprint density at radius 2 is 1.35 bits per heavy atom. The van der Waals surface area contributed by atoms with Crippen molar-refractivity contribution >= 4 is 0 Å². The summed E-state index contributed by atoms with van der Waals surface area (Å²) in [5.74, 6) is 6.86. The van der Waals surface area contributed by atoms with E-state index in [0.29, 0.717) is 0 Å². The van der Waals surface area contributed by atoms with Gasteiger partial charge in [0.1, 0.15) is 0 Å². The molecule has 1 aromatic rings. The molecule has 0 aliphatic heterocycles. The molecule has 172 valence electrons. The summed E-state index contributed by atoms with van der Waals surface area (Å²) in [5.41, 5.74) is 8.65. The highest BCUT2D eigenvalue weighted by molar-refractivity contribution is 5.48. The van der Waals surface area contributed by atoms with Gasteiger partial charge in [0.25, 0.3) is 0 Å². The topological polar surface area (TPSA) is 0 Å². The van der Waals surface area contributed by atoms with Crippen molar-refractivity contribution in [2.24, 2.45) is 35.5 Å². The Bertz CT molecular complexity index is 757. The quantitative estimate of drug-likeness (QED) is 0.458. The van der Waals surface area contributed by atoms with Crippen LogP contribution in [0.1, 0.15) is 125 Å². The molecule has 3 atom stereocenters. The Labute approximate surface area is 193 Å². The first-order chi connectivity index (χ1) is 15.0. The zero-order valence-electron chi connectivity index (χ0n) is 21.0. The summed E-state index contributed by atoms with van der Waals surface area (Å²) in [6.07, 6.45) is 20.6. The van der Waals surface area contributed by atoms with Crippen LogP contribution in [0.4, 0.5) is 0 Å². The van der Waals surface area contributed by atoms with Crippen molar-refractivity contribution in [3.63, 3.8) is 0 Å². The molecule has 5 rings (SSSR count). The predicted octanol–water partition coefficient (Wildman–Crippen LogP) is 8.94. The lowest BCUT2D eigenvalue weighted by Gasteiger charge is -2.45. The second-order valence-corrected chi connectivity index (χ2v) is 12.7. The van der Waals surface area contributed by atoms with Crippen molar-refractivity contribution in [1.29, 1.82) is 0 Å². The van der Waals surface area contributed by atoms with Crippen molar-refractivity contribution in [2.75, 3.05) is 0 Å². The molecule has 4 aliphatic carbocycles. The zero-order valence-corrected chi connectivity index (χ0v) is 21.0. The molecule has 0 heteroatoms. The number of hydrogen-bond donors (Lipinski definition) is 0. The maximum absolute atomic E-state index is 2.68. The molecule has 0 N–H and O–H groups in total. The highest BCUT2D eigenvalue weighted by Crippen LogP contribution is 2.51. The summed E-state index contributed by atoms with van der Waals surface area (Å²) in [5, 5.41) is 0. The van der Waals surface area contributed by atoms with Crippen LogP contribution in [-0.2, 0) is 12.8 Å². The van der Waals surface area contributed by atoms with Gasteiger partial charge in [0, 0.05) is 0 Å². The van der Waals surface area contributed by atoms with Gasteiger partial charge < -0.3 is 0 Å². The van der Waals surface area contributed by atoms with Gasteiger partial charge in [0.15, 0.2) is 0 Å². The van der Waals surface area contributed by atoms with Gasteiger partial charge in [-0.05, 0) is 147 Å². The van der Waals surface area contributed by atoms with Crippen molar-refractivity contribution in [3.8, 4) is 0 Å². The SMILES string of the molecule is Cc1cc2c(c(C)c1CC1CCC(C)CC1)CCC1CC(C3CCC(C)CC3)CCC21. The lowest BCUT2D eigenvalue weighted by Crippen LogP contribution is -2.33. The summed E-state index contributed by atoms with van der Waals surface area (Å²) in [6.45, 7) is 9.85. The Balaban J connectivity index is 1.30. The van der Waals surface area contributed by atoms with Crippen LogP contribution in [0.5, 0.6) is 0 Å². The van der Waals surface area contributed by atoms with Gasteiger partial charge in [-0.3, -0.25) is 0 Å². The fourth-order valence-electron chi connectivity index (χ4n) is 8.44. The van der Waals surface area contributed by atoms with Crippen LogP contribution in [0.3, 0.4) is 0 Å². The first-order valence-corrected chi connectivity index (χ1v) is 14.1. The largest absolute Gasteiger partial charge is 0.0625 e. The average Bonchev–Trinajstić information content (AvgIpc) is 2.78. The third-order valence-electron chi connectivity index (χ3n) is 10.6. The molecule has 0 nitrogen and oxygen atoms in total. The first-order valence-electron chi connectivity index (χ1n) is 14.1. The Kier molecular flexibility index (Phi) is 6.56. The van der Waals surface area contributed by atoms with Gasteiger partial charge in [-0.2, -0.15) is 0 Å². The molecule has 1 aromatic carbocycles. The van der Waals surface area contributed by atoms with Crippen LogP contribution >= 0.6 is 0 Å².